The van der Waals surface area contributed by atoms with E-state index in [2.05, 4.69) is 4.98 Å². The molecule has 10 nitrogen and oxygen atoms in total. The SMILES string of the molecule is CN(C)CCN(Cc1ccncc1)Cc1ccccc1C(F)(F)F.O=C(O)CC(O)(CC(=O)O)C(=O)O. The largest absolute Gasteiger partial charge is 0.481 e. The normalized spacial score (nSPS) is 11.7. The zero-order valence-electron chi connectivity index (χ0n) is 20.4. The van der Waals surface area contributed by atoms with Crippen molar-refractivity contribution >= 4 is 17.9 Å². The van der Waals surface area contributed by atoms with Crippen molar-refractivity contribution in [3.8, 4) is 0 Å². The molecule has 2 rings (SSSR count). The number of nitrogens with zero attached hydrogens (tertiary/aromatic N) is 3. The standard InChI is InChI=1S/C18H22F3N3.C6H8O7/c1-23(2)11-12-24(13-15-7-9-22-10-8-15)14-16-5-3-4-6-17(16)18(19,20)21;7-3(8)1-6(13,5(11)12)2-4(9)10/h3-10H,11-14H2,1-2H3;13H,1-2H2,(H,7,8)(H,9,10)(H,11,12). The Hall–Kier alpha value is -3.55. The minimum Gasteiger partial charge on any atom is -0.481 e. The van der Waals surface area contributed by atoms with E-state index in [1.165, 1.54) is 6.07 Å². The van der Waals surface area contributed by atoms with Gasteiger partial charge in [0.1, 0.15) is 0 Å². The highest BCUT2D eigenvalue weighted by Crippen LogP contribution is 2.32. The van der Waals surface area contributed by atoms with Crippen LogP contribution in [0.4, 0.5) is 13.2 Å². The summed E-state index contributed by atoms with van der Waals surface area (Å²) in [5.41, 5.74) is -1.96. The number of alkyl halides is 3. The van der Waals surface area contributed by atoms with Gasteiger partial charge in [0.05, 0.1) is 18.4 Å². The zero-order chi connectivity index (χ0) is 28.2. The number of hydrogen-bond acceptors (Lipinski definition) is 7. The lowest BCUT2D eigenvalue weighted by atomic mass is 9.96. The van der Waals surface area contributed by atoms with Gasteiger partial charge in [-0.05, 0) is 43.4 Å². The molecule has 1 aromatic carbocycles. The maximum Gasteiger partial charge on any atom is 0.416 e. The van der Waals surface area contributed by atoms with Crippen LogP contribution in [0.5, 0.6) is 0 Å². The van der Waals surface area contributed by atoms with E-state index in [0.717, 1.165) is 18.2 Å². The van der Waals surface area contributed by atoms with E-state index >= 15 is 0 Å². The number of aromatic nitrogens is 1. The van der Waals surface area contributed by atoms with Gasteiger partial charge in [-0.2, -0.15) is 13.2 Å². The molecule has 37 heavy (non-hydrogen) atoms. The fourth-order valence-corrected chi connectivity index (χ4v) is 3.19. The highest BCUT2D eigenvalue weighted by atomic mass is 19.4. The quantitative estimate of drug-likeness (QED) is 0.323. The maximum absolute atomic E-state index is 13.2. The number of pyridine rings is 1. The summed E-state index contributed by atoms with van der Waals surface area (Å²) < 4.78 is 39.6. The molecule has 0 atom stereocenters. The Morgan fingerprint density at radius 1 is 0.865 bits per heavy atom. The highest BCUT2D eigenvalue weighted by Gasteiger charge is 2.40. The summed E-state index contributed by atoms with van der Waals surface area (Å²) in [7, 11) is 3.91. The second-order valence-electron chi connectivity index (χ2n) is 8.50. The molecule has 0 saturated carbocycles. The molecule has 1 aromatic heterocycles. The number of benzene rings is 1. The Kier molecular flexibility index (Phi) is 12.1. The molecule has 4 N–H and O–H groups in total. The van der Waals surface area contributed by atoms with Crippen molar-refractivity contribution in [1.29, 1.82) is 0 Å². The lowest BCUT2D eigenvalue weighted by molar-refractivity contribution is -0.170. The second kappa shape index (κ2) is 14.3. The summed E-state index contributed by atoms with van der Waals surface area (Å²) in [6.45, 7) is 2.30. The molecule has 0 amide bonds. The molecule has 0 bridgehead atoms. The average Bonchev–Trinajstić information content (AvgIpc) is 2.77. The van der Waals surface area contributed by atoms with Crippen LogP contribution in [-0.4, -0.2) is 85.9 Å². The molecular formula is C24H30F3N3O7. The number of aliphatic hydroxyl groups is 1. The zero-order valence-corrected chi connectivity index (χ0v) is 20.4. The lowest BCUT2D eigenvalue weighted by Crippen LogP contribution is -2.42. The number of hydrogen-bond donors (Lipinski definition) is 4. The molecule has 0 aliphatic rings. The van der Waals surface area contributed by atoms with Crippen LogP contribution in [0.3, 0.4) is 0 Å². The molecule has 2 aromatic rings. The van der Waals surface area contributed by atoms with Gasteiger partial charge < -0.3 is 25.3 Å². The van der Waals surface area contributed by atoms with Crippen LogP contribution >= 0.6 is 0 Å². The summed E-state index contributed by atoms with van der Waals surface area (Å²) in [4.78, 5) is 38.5. The first kappa shape index (κ1) is 31.5. The van der Waals surface area contributed by atoms with E-state index in [0.29, 0.717) is 18.7 Å². The van der Waals surface area contributed by atoms with Crippen LogP contribution in [-0.2, 0) is 33.6 Å². The predicted octanol–water partition coefficient (Wildman–Crippen LogP) is 2.42. The van der Waals surface area contributed by atoms with E-state index < -0.39 is 48.1 Å². The van der Waals surface area contributed by atoms with Crippen molar-refractivity contribution in [2.24, 2.45) is 0 Å². The molecule has 13 heteroatoms. The van der Waals surface area contributed by atoms with Crippen molar-refractivity contribution < 1.29 is 48.0 Å². The molecule has 0 saturated heterocycles. The molecule has 0 aliphatic heterocycles. The number of carbonyl (C=O) groups is 3. The third kappa shape index (κ3) is 11.8. The first-order valence-corrected chi connectivity index (χ1v) is 10.9. The molecule has 204 valence electrons. The summed E-state index contributed by atoms with van der Waals surface area (Å²) >= 11 is 0. The van der Waals surface area contributed by atoms with Crippen LogP contribution in [0.15, 0.2) is 48.8 Å². The molecule has 0 radical (unpaired) electrons. The fourth-order valence-electron chi connectivity index (χ4n) is 3.19. The van der Waals surface area contributed by atoms with E-state index in [1.54, 1.807) is 24.5 Å². The Morgan fingerprint density at radius 2 is 1.41 bits per heavy atom. The van der Waals surface area contributed by atoms with Gasteiger partial charge in [0.15, 0.2) is 5.60 Å². The summed E-state index contributed by atoms with van der Waals surface area (Å²) in [5, 5.41) is 33.8. The van der Waals surface area contributed by atoms with Crippen LogP contribution in [0.25, 0.3) is 0 Å². The third-order valence-electron chi connectivity index (χ3n) is 5.02. The van der Waals surface area contributed by atoms with Gasteiger partial charge in [-0.3, -0.25) is 19.5 Å². The van der Waals surface area contributed by atoms with Gasteiger partial charge in [-0.25, -0.2) is 4.79 Å². The first-order chi connectivity index (χ1) is 17.1. The van der Waals surface area contributed by atoms with Crippen LogP contribution < -0.4 is 0 Å². The Labute approximate surface area is 211 Å². The predicted molar refractivity (Wildman–Crippen MR) is 125 cm³/mol. The van der Waals surface area contributed by atoms with Gasteiger partial charge in [0.2, 0.25) is 0 Å². The van der Waals surface area contributed by atoms with E-state index in [9.17, 15) is 27.6 Å². The number of carboxylic acids is 3. The van der Waals surface area contributed by atoms with E-state index in [4.69, 9.17) is 20.4 Å². The van der Waals surface area contributed by atoms with Gasteiger partial charge in [-0.1, -0.05) is 18.2 Å². The van der Waals surface area contributed by atoms with Crippen molar-refractivity contribution in [1.82, 2.24) is 14.8 Å². The molecule has 0 aliphatic carbocycles. The van der Waals surface area contributed by atoms with Crippen LogP contribution in [0, 0.1) is 0 Å². The smallest absolute Gasteiger partial charge is 0.416 e. The second-order valence-corrected chi connectivity index (χ2v) is 8.50. The number of aliphatic carboxylic acids is 3. The number of carboxylic acid groups (broad SMARTS) is 3. The Bertz CT molecular complexity index is 1020. The maximum atomic E-state index is 13.2. The molecule has 1 heterocycles. The molecule has 0 unspecified atom stereocenters. The van der Waals surface area contributed by atoms with Crippen molar-refractivity contribution in [2.75, 3.05) is 27.2 Å². The third-order valence-corrected chi connectivity index (χ3v) is 5.02. The molecule has 0 spiro atoms. The summed E-state index contributed by atoms with van der Waals surface area (Å²) in [6, 6.07) is 9.56. The number of likely N-dealkylation sites (N-methyl/N-ethyl adjacent to an activating group) is 1. The molecule has 0 fully saturated rings. The molecular weight excluding hydrogens is 499 g/mol. The Morgan fingerprint density at radius 3 is 1.86 bits per heavy atom. The number of rotatable bonds is 12. The van der Waals surface area contributed by atoms with Gasteiger partial charge in [0.25, 0.3) is 0 Å². The number of halogens is 3. The van der Waals surface area contributed by atoms with Crippen LogP contribution in [0.2, 0.25) is 0 Å². The lowest BCUT2D eigenvalue weighted by Gasteiger charge is -2.25. The van der Waals surface area contributed by atoms with E-state index in [1.807, 2.05) is 36.0 Å². The average molecular weight is 530 g/mol. The van der Waals surface area contributed by atoms with Gasteiger partial charge in [-0.15, -0.1) is 0 Å². The fraction of sp³-hybridized carbons (Fsp3) is 0.417. The van der Waals surface area contributed by atoms with Gasteiger partial charge >= 0.3 is 24.1 Å². The van der Waals surface area contributed by atoms with Gasteiger partial charge in [0, 0.05) is 38.6 Å². The van der Waals surface area contributed by atoms with Crippen molar-refractivity contribution in [2.45, 2.75) is 37.7 Å². The van der Waals surface area contributed by atoms with Crippen molar-refractivity contribution in [3.63, 3.8) is 0 Å². The summed E-state index contributed by atoms with van der Waals surface area (Å²) in [5.74, 6) is -5.02. The monoisotopic (exact) mass is 529 g/mol. The van der Waals surface area contributed by atoms with Crippen molar-refractivity contribution in [3.05, 3.63) is 65.5 Å². The topological polar surface area (TPSA) is 152 Å². The Balaban J connectivity index is 0.000000448. The highest BCUT2D eigenvalue weighted by molar-refractivity contribution is 5.88. The summed E-state index contributed by atoms with van der Waals surface area (Å²) in [6.07, 6.45) is -3.23. The first-order valence-electron chi connectivity index (χ1n) is 10.9. The minimum absolute atomic E-state index is 0.256. The van der Waals surface area contributed by atoms with E-state index in [-0.39, 0.29) is 6.54 Å². The minimum atomic E-state index is -4.33. The van der Waals surface area contributed by atoms with Crippen LogP contribution in [0.1, 0.15) is 29.5 Å².